The number of primary amides is 1. The highest BCUT2D eigenvalue weighted by Gasteiger charge is 2.26. The molecule has 1 heterocycles. The molecule has 0 saturated carbocycles. The zero-order chi connectivity index (χ0) is 12.3. The molecule has 1 aliphatic rings. The number of amides is 1. The van der Waals surface area contributed by atoms with Gasteiger partial charge in [-0.05, 0) is 40.3 Å². The average molecular weight is 345 g/mol. The molecule has 1 amide bonds. The van der Waals surface area contributed by atoms with Crippen LogP contribution in [0.15, 0.2) is 24.3 Å². The van der Waals surface area contributed by atoms with Gasteiger partial charge >= 0.3 is 0 Å². The molecule has 1 fully saturated rings. The van der Waals surface area contributed by atoms with Crippen LogP contribution in [0.2, 0.25) is 0 Å². The Morgan fingerprint density at radius 3 is 2.82 bits per heavy atom. The lowest BCUT2D eigenvalue weighted by Crippen LogP contribution is -2.56. The van der Waals surface area contributed by atoms with Crippen LogP contribution >= 0.6 is 22.6 Å². The van der Waals surface area contributed by atoms with Gasteiger partial charge in [-0.3, -0.25) is 9.69 Å². The van der Waals surface area contributed by atoms with E-state index >= 15 is 0 Å². The van der Waals surface area contributed by atoms with Crippen molar-refractivity contribution < 1.29 is 4.79 Å². The summed E-state index contributed by atoms with van der Waals surface area (Å²) in [4.78, 5) is 13.5. The number of halogens is 1. The lowest BCUT2D eigenvalue weighted by atomic mass is 10.1. The maximum atomic E-state index is 11.3. The standard InChI is InChI=1S/C12H16IN3O/c13-10-3-1-9(2-4-10)8-16-6-5-15-7-11(16)12(14)17/h1-4,11,15H,5-8H2,(H2,14,17). The van der Waals surface area contributed by atoms with Crippen molar-refractivity contribution in [3.8, 4) is 0 Å². The van der Waals surface area contributed by atoms with Crippen molar-refractivity contribution in [1.82, 2.24) is 10.2 Å². The molecular formula is C12H16IN3O. The molecule has 5 heteroatoms. The van der Waals surface area contributed by atoms with Crippen molar-refractivity contribution in [3.63, 3.8) is 0 Å². The third-order valence-corrected chi connectivity index (χ3v) is 3.70. The van der Waals surface area contributed by atoms with Crippen molar-refractivity contribution in [2.45, 2.75) is 12.6 Å². The predicted octanol–water partition coefficient (Wildman–Crippen LogP) is 0.550. The van der Waals surface area contributed by atoms with Gasteiger partial charge in [0.05, 0.1) is 0 Å². The van der Waals surface area contributed by atoms with Crippen LogP contribution in [0.3, 0.4) is 0 Å². The van der Waals surface area contributed by atoms with Crippen molar-refractivity contribution >= 4 is 28.5 Å². The Balaban J connectivity index is 2.05. The first-order valence-electron chi connectivity index (χ1n) is 5.65. The van der Waals surface area contributed by atoms with Gasteiger partial charge in [-0.25, -0.2) is 0 Å². The van der Waals surface area contributed by atoms with Gasteiger partial charge in [0.25, 0.3) is 0 Å². The fourth-order valence-electron chi connectivity index (χ4n) is 2.04. The molecule has 0 aromatic heterocycles. The lowest BCUT2D eigenvalue weighted by Gasteiger charge is -2.34. The summed E-state index contributed by atoms with van der Waals surface area (Å²) in [5.41, 5.74) is 6.63. The third kappa shape index (κ3) is 3.40. The molecule has 1 saturated heterocycles. The van der Waals surface area contributed by atoms with E-state index in [0.29, 0.717) is 6.54 Å². The number of rotatable bonds is 3. The normalized spacial score (nSPS) is 21.4. The van der Waals surface area contributed by atoms with Crippen LogP contribution in [-0.2, 0) is 11.3 Å². The molecule has 17 heavy (non-hydrogen) atoms. The summed E-state index contributed by atoms with van der Waals surface area (Å²) in [5.74, 6) is -0.247. The number of nitrogens with zero attached hydrogens (tertiary/aromatic N) is 1. The Morgan fingerprint density at radius 2 is 2.18 bits per heavy atom. The van der Waals surface area contributed by atoms with E-state index in [1.54, 1.807) is 0 Å². The van der Waals surface area contributed by atoms with Gasteiger partial charge in [0.15, 0.2) is 0 Å². The topological polar surface area (TPSA) is 58.4 Å². The number of carbonyl (C=O) groups excluding carboxylic acids is 1. The summed E-state index contributed by atoms with van der Waals surface area (Å²) in [6.07, 6.45) is 0. The molecule has 1 aromatic rings. The molecule has 1 atom stereocenters. The van der Waals surface area contributed by atoms with Crippen LogP contribution in [0, 0.1) is 3.57 Å². The smallest absolute Gasteiger partial charge is 0.236 e. The first-order chi connectivity index (χ1) is 8.16. The number of benzene rings is 1. The maximum Gasteiger partial charge on any atom is 0.236 e. The van der Waals surface area contributed by atoms with Crippen molar-refractivity contribution in [2.24, 2.45) is 5.73 Å². The highest BCUT2D eigenvalue weighted by atomic mass is 127. The predicted molar refractivity (Wildman–Crippen MR) is 75.4 cm³/mol. The molecule has 1 aromatic carbocycles. The van der Waals surface area contributed by atoms with E-state index < -0.39 is 0 Å². The van der Waals surface area contributed by atoms with Crippen molar-refractivity contribution in [1.29, 1.82) is 0 Å². The summed E-state index contributed by atoms with van der Waals surface area (Å²) in [7, 11) is 0. The van der Waals surface area contributed by atoms with E-state index in [0.717, 1.165) is 19.6 Å². The Kier molecular flexibility index (Phi) is 4.36. The van der Waals surface area contributed by atoms with Gasteiger partial charge in [0, 0.05) is 29.7 Å². The zero-order valence-electron chi connectivity index (χ0n) is 9.53. The first kappa shape index (κ1) is 12.8. The van der Waals surface area contributed by atoms with Gasteiger partial charge in [-0.15, -0.1) is 0 Å². The lowest BCUT2D eigenvalue weighted by molar-refractivity contribution is -0.124. The van der Waals surface area contributed by atoms with Crippen LogP contribution in [-0.4, -0.2) is 36.5 Å². The van der Waals surface area contributed by atoms with Crippen molar-refractivity contribution in [3.05, 3.63) is 33.4 Å². The second kappa shape index (κ2) is 5.79. The van der Waals surface area contributed by atoms with Crippen LogP contribution in [0.25, 0.3) is 0 Å². The Labute approximate surface area is 115 Å². The fourth-order valence-corrected chi connectivity index (χ4v) is 2.40. The molecule has 2 rings (SSSR count). The minimum atomic E-state index is -0.247. The average Bonchev–Trinajstić information content (AvgIpc) is 2.32. The summed E-state index contributed by atoms with van der Waals surface area (Å²) < 4.78 is 1.22. The maximum absolute atomic E-state index is 11.3. The molecule has 3 N–H and O–H groups in total. The minimum absolute atomic E-state index is 0.192. The van der Waals surface area contributed by atoms with Gasteiger partial charge in [-0.1, -0.05) is 12.1 Å². The SMILES string of the molecule is NC(=O)C1CNCCN1Cc1ccc(I)cc1. The van der Waals surface area contributed by atoms with Crippen molar-refractivity contribution in [2.75, 3.05) is 19.6 Å². The largest absolute Gasteiger partial charge is 0.368 e. The monoisotopic (exact) mass is 345 g/mol. The molecule has 0 spiro atoms. The molecule has 1 unspecified atom stereocenters. The molecule has 0 aliphatic carbocycles. The highest BCUT2D eigenvalue weighted by Crippen LogP contribution is 2.12. The number of nitrogens with two attached hydrogens (primary N) is 1. The fraction of sp³-hybridized carbons (Fsp3) is 0.417. The van der Waals surface area contributed by atoms with Crippen LogP contribution in [0.4, 0.5) is 0 Å². The van der Waals surface area contributed by atoms with Gasteiger partial charge in [-0.2, -0.15) is 0 Å². The number of hydrogen-bond acceptors (Lipinski definition) is 3. The van der Waals surface area contributed by atoms with Gasteiger partial charge in [0.2, 0.25) is 5.91 Å². The van der Waals surface area contributed by atoms with Gasteiger partial charge in [0.1, 0.15) is 6.04 Å². The van der Waals surface area contributed by atoms with E-state index in [1.165, 1.54) is 9.13 Å². The molecular weight excluding hydrogens is 329 g/mol. The van der Waals surface area contributed by atoms with E-state index in [-0.39, 0.29) is 11.9 Å². The Bertz CT molecular complexity index is 393. The van der Waals surface area contributed by atoms with Crippen LogP contribution in [0.5, 0.6) is 0 Å². The molecule has 92 valence electrons. The number of piperazine rings is 1. The number of nitrogens with one attached hydrogen (secondary N) is 1. The second-order valence-electron chi connectivity index (χ2n) is 4.22. The van der Waals surface area contributed by atoms with E-state index in [9.17, 15) is 4.79 Å². The molecule has 0 bridgehead atoms. The first-order valence-corrected chi connectivity index (χ1v) is 6.73. The van der Waals surface area contributed by atoms with E-state index in [4.69, 9.17) is 5.73 Å². The van der Waals surface area contributed by atoms with E-state index in [1.807, 2.05) is 0 Å². The summed E-state index contributed by atoms with van der Waals surface area (Å²) >= 11 is 2.28. The quantitative estimate of drug-likeness (QED) is 0.787. The molecule has 4 nitrogen and oxygen atoms in total. The highest BCUT2D eigenvalue weighted by molar-refractivity contribution is 14.1. The third-order valence-electron chi connectivity index (χ3n) is 2.98. The summed E-state index contributed by atoms with van der Waals surface area (Å²) in [5, 5.41) is 3.20. The summed E-state index contributed by atoms with van der Waals surface area (Å²) in [6, 6.07) is 8.17. The second-order valence-corrected chi connectivity index (χ2v) is 5.46. The zero-order valence-corrected chi connectivity index (χ0v) is 11.7. The number of carbonyl (C=O) groups is 1. The molecule has 0 radical (unpaired) electrons. The number of hydrogen-bond donors (Lipinski definition) is 2. The molecule has 1 aliphatic heterocycles. The Morgan fingerprint density at radius 1 is 1.47 bits per heavy atom. The summed E-state index contributed by atoms with van der Waals surface area (Å²) in [6.45, 7) is 3.21. The van der Waals surface area contributed by atoms with Crippen LogP contribution in [0.1, 0.15) is 5.56 Å². The van der Waals surface area contributed by atoms with Gasteiger partial charge < -0.3 is 11.1 Å². The Hall–Kier alpha value is -0.660. The van der Waals surface area contributed by atoms with Crippen LogP contribution < -0.4 is 11.1 Å². The minimum Gasteiger partial charge on any atom is -0.368 e. The van der Waals surface area contributed by atoms with E-state index in [2.05, 4.69) is 57.1 Å².